The third-order valence-electron chi connectivity index (χ3n) is 3.32. The maximum Gasteiger partial charge on any atom is 0.341 e. The number of thioether (sulfide) groups is 1. The fourth-order valence-electron chi connectivity index (χ4n) is 2.18. The molecule has 0 spiro atoms. The average molecular weight is 375 g/mol. The molecular weight excluding hydrogens is 354 g/mol. The van der Waals surface area contributed by atoms with Crippen LogP contribution in [-0.4, -0.2) is 45.9 Å². The van der Waals surface area contributed by atoms with Crippen molar-refractivity contribution in [1.82, 2.24) is 15.3 Å². The van der Waals surface area contributed by atoms with Crippen molar-refractivity contribution in [3.63, 3.8) is 0 Å². The molecule has 1 aromatic heterocycles. The van der Waals surface area contributed by atoms with Crippen molar-refractivity contribution < 1.29 is 19.4 Å². The number of nitrogens with zero attached hydrogens (tertiary/aromatic N) is 2. The van der Waals surface area contributed by atoms with E-state index in [0.717, 1.165) is 17.0 Å². The van der Waals surface area contributed by atoms with Gasteiger partial charge in [-0.05, 0) is 44.0 Å². The molecule has 0 unspecified atom stereocenters. The molecular formula is C18H21N3O4S. The highest BCUT2D eigenvalue weighted by Crippen LogP contribution is 2.14. The summed E-state index contributed by atoms with van der Waals surface area (Å²) in [4.78, 5) is 30.9. The molecule has 26 heavy (non-hydrogen) atoms. The van der Waals surface area contributed by atoms with Gasteiger partial charge in [0.1, 0.15) is 5.75 Å². The summed E-state index contributed by atoms with van der Waals surface area (Å²) in [5, 5.41) is 12.0. The van der Waals surface area contributed by atoms with Crippen LogP contribution in [0.4, 0.5) is 0 Å². The Hall–Kier alpha value is -2.61. The highest BCUT2D eigenvalue weighted by Gasteiger charge is 2.06. The molecule has 0 saturated carbocycles. The van der Waals surface area contributed by atoms with Gasteiger partial charge in [0.2, 0.25) is 5.91 Å². The average Bonchev–Trinajstić information content (AvgIpc) is 2.58. The Labute approximate surface area is 156 Å². The van der Waals surface area contributed by atoms with Crippen molar-refractivity contribution in [3.8, 4) is 5.75 Å². The predicted octanol–water partition coefficient (Wildman–Crippen LogP) is 2.01. The molecule has 0 aliphatic heterocycles. The van der Waals surface area contributed by atoms with Crippen LogP contribution in [-0.2, 0) is 16.0 Å². The SMILES string of the molecule is Cc1cc(C)nc(SCC(=O)NCCc2ccc(OCC(=O)O)cc2)n1. The summed E-state index contributed by atoms with van der Waals surface area (Å²) >= 11 is 1.31. The topological polar surface area (TPSA) is 101 Å². The molecule has 2 aromatic rings. The van der Waals surface area contributed by atoms with Gasteiger partial charge in [0, 0.05) is 17.9 Å². The van der Waals surface area contributed by atoms with Gasteiger partial charge >= 0.3 is 5.97 Å². The van der Waals surface area contributed by atoms with E-state index in [-0.39, 0.29) is 18.3 Å². The summed E-state index contributed by atoms with van der Waals surface area (Å²) in [5.74, 6) is -0.310. The summed E-state index contributed by atoms with van der Waals surface area (Å²) in [6.45, 7) is 3.95. The Bertz CT molecular complexity index is 745. The second-order valence-electron chi connectivity index (χ2n) is 5.65. The van der Waals surface area contributed by atoms with Crippen molar-refractivity contribution in [3.05, 3.63) is 47.3 Å². The summed E-state index contributed by atoms with van der Waals surface area (Å²) in [7, 11) is 0. The molecule has 7 nitrogen and oxygen atoms in total. The summed E-state index contributed by atoms with van der Waals surface area (Å²) in [5.41, 5.74) is 2.80. The molecule has 1 aromatic carbocycles. The molecule has 138 valence electrons. The first-order valence-corrected chi connectivity index (χ1v) is 9.06. The van der Waals surface area contributed by atoms with Gasteiger partial charge in [-0.3, -0.25) is 4.79 Å². The highest BCUT2D eigenvalue weighted by atomic mass is 32.2. The van der Waals surface area contributed by atoms with Crippen molar-refractivity contribution in [2.45, 2.75) is 25.4 Å². The predicted molar refractivity (Wildman–Crippen MR) is 98.5 cm³/mol. The molecule has 0 aliphatic rings. The lowest BCUT2D eigenvalue weighted by molar-refractivity contribution is -0.139. The molecule has 0 fully saturated rings. The first-order valence-electron chi connectivity index (χ1n) is 8.07. The lowest BCUT2D eigenvalue weighted by Gasteiger charge is -2.07. The van der Waals surface area contributed by atoms with E-state index in [1.807, 2.05) is 32.0 Å². The molecule has 2 N–H and O–H groups in total. The maximum atomic E-state index is 11.9. The minimum atomic E-state index is -1.01. The largest absolute Gasteiger partial charge is 0.482 e. The van der Waals surface area contributed by atoms with Gasteiger partial charge in [-0.25, -0.2) is 14.8 Å². The fourth-order valence-corrected chi connectivity index (χ4v) is 2.96. The molecule has 0 aliphatic carbocycles. The number of aryl methyl sites for hydroxylation is 2. The monoisotopic (exact) mass is 375 g/mol. The van der Waals surface area contributed by atoms with Crippen LogP contribution in [0.3, 0.4) is 0 Å². The Morgan fingerprint density at radius 3 is 2.42 bits per heavy atom. The van der Waals surface area contributed by atoms with Crippen LogP contribution >= 0.6 is 11.8 Å². The molecule has 0 saturated heterocycles. The number of carboxylic acids is 1. The standard InChI is InChI=1S/C18H21N3O4S/c1-12-9-13(2)21-18(20-12)26-11-16(22)19-8-7-14-3-5-15(6-4-14)25-10-17(23)24/h3-6,9H,7-8,10-11H2,1-2H3,(H,19,22)(H,23,24). The Morgan fingerprint density at radius 1 is 1.15 bits per heavy atom. The summed E-state index contributed by atoms with van der Waals surface area (Å²) in [6, 6.07) is 9.02. The molecule has 2 rings (SSSR count). The van der Waals surface area contributed by atoms with E-state index in [1.165, 1.54) is 11.8 Å². The van der Waals surface area contributed by atoms with Crippen LogP contribution in [0.5, 0.6) is 5.75 Å². The summed E-state index contributed by atoms with van der Waals surface area (Å²) < 4.78 is 5.07. The van der Waals surface area contributed by atoms with Gasteiger partial charge in [-0.2, -0.15) is 0 Å². The number of amides is 1. The number of carbonyl (C=O) groups is 2. The molecule has 1 heterocycles. The number of hydrogen-bond acceptors (Lipinski definition) is 6. The number of nitrogens with one attached hydrogen (secondary N) is 1. The third kappa shape index (κ3) is 7.10. The number of rotatable bonds is 9. The normalized spacial score (nSPS) is 10.4. The van der Waals surface area contributed by atoms with E-state index < -0.39 is 5.97 Å². The number of carbonyl (C=O) groups excluding carboxylic acids is 1. The number of benzene rings is 1. The molecule has 0 atom stereocenters. The van der Waals surface area contributed by atoms with Crippen molar-refractivity contribution >= 4 is 23.6 Å². The van der Waals surface area contributed by atoms with E-state index in [1.54, 1.807) is 12.1 Å². The molecule has 0 bridgehead atoms. The van der Waals surface area contributed by atoms with E-state index >= 15 is 0 Å². The van der Waals surface area contributed by atoms with Crippen LogP contribution in [0.1, 0.15) is 17.0 Å². The number of aliphatic carboxylic acids is 1. The maximum absolute atomic E-state index is 11.9. The zero-order valence-corrected chi connectivity index (χ0v) is 15.5. The Kier molecular flexibility index (Phi) is 7.40. The number of ether oxygens (including phenoxy) is 1. The second-order valence-corrected chi connectivity index (χ2v) is 6.59. The van der Waals surface area contributed by atoms with Gasteiger partial charge in [0.05, 0.1) is 5.75 Å². The smallest absolute Gasteiger partial charge is 0.341 e. The van der Waals surface area contributed by atoms with Crippen LogP contribution in [0.2, 0.25) is 0 Å². The van der Waals surface area contributed by atoms with Crippen LogP contribution in [0.25, 0.3) is 0 Å². The van der Waals surface area contributed by atoms with E-state index in [2.05, 4.69) is 15.3 Å². The van der Waals surface area contributed by atoms with E-state index in [4.69, 9.17) is 9.84 Å². The molecule has 0 radical (unpaired) electrons. The van der Waals surface area contributed by atoms with Gasteiger partial charge in [-0.15, -0.1) is 0 Å². The fraction of sp³-hybridized carbons (Fsp3) is 0.333. The minimum Gasteiger partial charge on any atom is -0.482 e. The molecule has 1 amide bonds. The zero-order chi connectivity index (χ0) is 18.9. The number of hydrogen-bond donors (Lipinski definition) is 2. The Balaban J connectivity index is 1.70. The lowest BCUT2D eigenvalue weighted by Crippen LogP contribution is -2.27. The molecule has 8 heteroatoms. The van der Waals surface area contributed by atoms with E-state index in [9.17, 15) is 9.59 Å². The Morgan fingerprint density at radius 2 is 1.81 bits per heavy atom. The van der Waals surface area contributed by atoms with Gasteiger partial charge in [-0.1, -0.05) is 23.9 Å². The quantitative estimate of drug-likeness (QED) is 0.511. The van der Waals surface area contributed by atoms with Crippen LogP contribution in [0, 0.1) is 13.8 Å². The van der Waals surface area contributed by atoms with Crippen molar-refractivity contribution in [2.24, 2.45) is 0 Å². The highest BCUT2D eigenvalue weighted by molar-refractivity contribution is 7.99. The van der Waals surface area contributed by atoms with Gasteiger partial charge < -0.3 is 15.2 Å². The first kappa shape index (κ1) is 19.7. The van der Waals surface area contributed by atoms with Gasteiger partial charge in [0.25, 0.3) is 0 Å². The zero-order valence-electron chi connectivity index (χ0n) is 14.7. The number of aromatic nitrogens is 2. The van der Waals surface area contributed by atoms with Crippen molar-refractivity contribution in [2.75, 3.05) is 18.9 Å². The van der Waals surface area contributed by atoms with Gasteiger partial charge in [0.15, 0.2) is 11.8 Å². The number of carboxylic acid groups (broad SMARTS) is 1. The van der Waals surface area contributed by atoms with Crippen LogP contribution in [0.15, 0.2) is 35.5 Å². The van der Waals surface area contributed by atoms with Crippen LogP contribution < -0.4 is 10.1 Å². The minimum absolute atomic E-state index is 0.0702. The van der Waals surface area contributed by atoms with E-state index in [0.29, 0.717) is 23.9 Å². The summed E-state index contributed by atoms with van der Waals surface area (Å²) in [6.07, 6.45) is 0.676. The van der Waals surface area contributed by atoms with Crippen molar-refractivity contribution in [1.29, 1.82) is 0 Å². The second kappa shape index (κ2) is 9.76. The lowest BCUT2D eigenvalue weighted by atomic mass is 10.1. The first-order chi connectivity index (χ1) is 12.4. The third-order valence-corrected chi connectivity index (χ3v) is 4.16.